The molecular weight excluding hydrogens is 382 g/mol. The maximum Gasteiger partial charge on any atom is 0.338 e. The number of aliphatic hydroxyl groups excluding tert-OH is 4. The number of nitrogens with one attached hydrogen (secondary N) is 1. The van der Waals surface area contributed by atoms with Gasteiger partial charge in [-0.1, -0.05) is 19.3 Å². The first kappa shape index (κ1) is 21.9. The Morgan fingerprint density at radius 2 is 1.72 bits per heavy atom. The predicted molar refractivity (Wildman–Crippen MR) is 102 cm³/mol. The van der Waals surface area contributed by atoms with Crippen molar-refractivity contribution in [3.8, 4) is 0 Å². The first-order chi connectivity index (χ1) is 14.0. The monoisotopic (exact) mass is 411 g/mol. The predicted octanol–water partition coefficient (Wildman–Crippen LogP) is 0.567. The van der Waals surface area contributed by atoms with E-state index in [1.165, 1.54) is 19.3 Å². The molecule has 1 heterocycles. The van der Waals surface area contributed by atoms with Crippen LogP contribution in [0.15, 0.2) is 24.3 Å². The van der Waals surface area contributed by atoms with Crippen molar-refractivity contribution < 1.29 is 39.5 Å². The summed E-state index contributed by atoms with van der Waals surface area (Å²) in [7, 11) is 0. The Balaban J connectivity index is 1.48. The topological polar surface area (TPSA) is 138 Å². The highest BCUT2D eigenvalue weighted by molar-refractivity contribution is 5.89. The van der Waals surface area contributed by atoms with Gasteiger partial charge in [-0.05, 0) is 43.0 Å². The van der Waals surface area contributed by atoms with Crippen LogP contribution in [0, 0.1) is 5.92 Å². The molecular formula is C20H29NO8. The van der Waals surface area contributed by atoms with Crippen LogP contribution in [0.4, 0.5) is 5.69 Å². The third-order valence-electron chi connectivity index (χ3n) is 5.44. The van der Waals surface area contributed by atoms with Crippen molar-refractivity contribution in [2.75, 3.05) is 18.7 Å². The quantitative estimate of drug-likeness (QED) is 0.322. The highest BCUT2D eigenvalue weighted by Gasteiger charge is 2.44. The number of carbonyl (C=O) groups excluding carboxylic acids is 1. The van der Waals surface area contributed by atoms with Gasteiger partial charge in [-0.25, -0.2) is 9.63 Å². The van der Waals surface area contributed by atoms with Gasteiger partial charge in [0.1, 0.15) is 24.4 Å². The average molecular weight is 411 g/mol. The summed E-state index contributed by atoms with van der Waals surface area (Å²) in [6.07, 6.45) is -0.987. The van der Waals surface area contributed by atoms with E-state index in [-0.39, 0.29) is 5.97 Å². The van der Waals surface area contributed by atoms with Gasteiger partial charge in [-0.2, -0.15) is 0 Å². The van der Waals surface area contributed by atoms with Gasteiger partial charge in [0.15, 0.2) is 0 Å². The molecule has 1 unspecified atom stereocenters. The molecule has 0 aromatic heterocycles. The van der Waals surface area contributed by atoms with E-state index in [9.17, 15) is 25.2 Å². The Labute approximate surface area is 169 Å². The molecule has 1 saturated heterocycles. The fraction of sp³-hybridized carbons (Fsp3) is 0.650. The molecule has 5 N–H and O–H groups in total. The van der Waals surface area contributed by atoms with Crippen LogP contribution in [-0.4, -0.2) is 70.3 Å². The van der Waals surface area contributed by atoms with E-state index >= 15 is 0 Å². The Kier molecular flexibility index (Phi) is 7.82. The number of rotatable bonds is 7. The van der Waals surface area contributed by atoms with Crippen molar-refractivity contribution in [3.05, 3.63) is 29.8 Å². The van der Waals surface area contributed by atoms with Crippen LogP contribution in [-0.2, 0) is 14.3 Å². The van der Waals surface area contributed by atoms with E-state index in [1.54, 1.807) is 24.3 Å². The molecule has 0 amide bonds. The van der Waals surface area contributed by atoms with E-state index < -0.39 is 37.3 Å². The fourth-order valence-corrected chi connectivity index (χ4v) is 3.60. The van der Waals surface area contributed by atoms with Gasteiger partial charge in [0.2, 0.25) is 6.29 Å². The fourth-order valence-electron chi connectivity index (χ4n) is 3.60. The molecule has 1 saturated carbocycles. The molecule has 1 aliphatic heterocycles. The van der Waals surface area contributed by atoms with Crippen LogP contribution >= 0.6 is 0 Å². The molecule has 0 bridgehead atoms. The van der Waals surface area contributed by atoms with Crippen molar-refractivity contribution in [1.29, 1.82) is 0 Å². The lowest BCUT2D eigenvalue weighted by molar-refractivity contribution is -0.294. The first-order valence-corrected chi connectivity index (χ1v) is 9.99. The molecule has 0 radical (unpaired) electrons. The summed E-state index contributed by atoms with van der Waals surface area (Å²) >= 11 is 0. The molecule has 9 nitrogen and oxygen atoms in total. The molecule has 1 aromatic rings. The van der Waals surface area contributed by atoms with Gasteiger partial charge in [0.05, 0.1) is 24.5 Å². The molecule has 1 aromatic carbocycles. The van der Waals surface area contributed by atoms with Crippen molar-refractivity contribution in [1.82, 2.24) is 0 Å². The summed E-state index contributed by atoms with van der Waals surface area (Å²) in [5.74, 6) is 0.0672. The van der Waals surface area contributed by atoms with E-state index in [0.29, 0.717) is 23.8 Å². The van der Waals surface area contributed by atoms with Gasteiger partial charge in [-0.15, -0.1) is 0 Å². The molecule has 2 aliphatic rings. The third kappa shape index (κ3) is 5.65. The van der Waals surface area contributed by atoms with Gasteiger partial charge in [0.25, 0.3) is 0 Å². The van der Waals surface area contributed by atoms with Crippen molar-refractivity contribution in [2.45, 2.75) is 62.8 Å². The Bertz CT molecular complexity index is 646. The third-order valence-corrected chi connectivity index (χ3v) is 5.44. The number of anilines is 1. The summed E-state index contributed by atoms with van der Waals surface area (Å²) < 4.78 is 10.6. The number of hydrogen-bond donors (Lipinski definition) is 5. The molecule has 9 heteroatoms. The number of benzene rings is 1. The Hall–Kier alpha value is -1.75. The summed E-state index contributed by atoms with van der Waals surface area (Å²) in [5, 5.41) is 38.6. The maximum atomic E-state index is 12.2. The number of esters is 1. The molecule has 162 valence electrons. The lowest BCUT2D eigenvalue weighted by Gasteiger charge is -2.39. The largest absolute Gasteiger partial charge is 0.462 e. The van der Waals surface area contributed by atoms with E-state index in [4.69, 9.17) is 14.3 Å². The minimum Gasteiger partial charge on any atom is -0.462 e. The molecule has 5 atom stereocenters. The second kappa shape index (κ2) is 10.3. The lowest BCUT2D eigenvalue weighted by Crippen LogP contribution is -2.59. The van der Waals surface area contributed by atoms with E-state index in [1.807, 2.05) is 0 Å². The van der Waals surface area contributed by atoms with Crippen LogP contribution in [0.3, 0.4) is 0 Å². The molecule has 2 fully saturated rings. The molecule has 29 heavy (non-hydrogen) atoms. The first-order valence-electron chi connectivity index (χ1n) is 9.99. The SMILES string of the molecule is O=C(OCC1CCCCC1)c1ccc(NOC2O[C@H](CO)[C@@H](O)[C@H](O)[C@H]2O)cc1. The second-order valence-corrected chi connectivity index (χ2v) is 7.60. The zero-order chi connectivity index (χ0) is 20.8. The van der Waals surface area contributed by atoms with Crippen molar-refractivity contribution in [2.24, 2.45) is 5.92 Å². The summed E-state index contributed by atoms with van der Waals surface area (Å²) in [6.45, 7) is -0.0957. The molecule has 3 rings (SSSR count). The minimum absolute atomic E-state index is 0.378. The minimum atomic E-state index is -1.52. The highest BCUT2D eigenvalue weighted by atomic mass is 16.8. The lowest BCUT2D eigenvalue weighted by atomic mass is 9.90. The number of aliphatic hydroxyl groups is 4. The number of hydrogen-bond acceptors (Lipinski definition) is 9. The maximum absolute atomic E-state index is 12.2. The standard InChI is InChI=1S/C20H29NO8/c22-10-15-16(23)17(24)18(25)20(28-15)29-21-14-8-6-13(7-9-14)19(26)27-11-12-4-2-1-3-5-12/h6-9,12,15-18,20-25H,1-5,10-11H2/t15-,16-,17+,18-,20?/m1/s1. The summed E-state index contributed by atoms with van der Waals surface area (Å²) in [6, 6.07) is 6.37. The zero-order valence-corrected chi connectivity index (χ0v) is 16.1. The van der Waals surface area contributed by atoms with E-state index in [2.05, 4.69) is 5.48 Å². The number of carbonyl (C=O) groups is 1. The van der Waals surface area contributed by atoms with Gasteiger partial charge >= 0.3 is 5.97 Å². The molecule has 1 aliphatic carbocycles. The van der Waals surface area contributed by atoms with Crippen LogP contribution in [0.5, 0.6) is 0 Å². The zero-order valence-electron chi connectivity index (χ0n) is 16.1. The van der Waals surface area contributed by atoms with Crippen LogP contribution < -0.4 is 5.48 Å². The Morgan fingerprint density at radius 1 is 1.03 bits per heavy atom. The molecule has 0 spiro atoms. The van der Waals surface area contributed by atoms with Gasteiger partial charge < -0.3 is 29.9 Å². The highest BCUT2D eigenvalue weighted by Crippen LogP contribution is 2.25. The second-order valence-electron chi connectivity index (χ2n) is 7.60. The van der Waals surface area contributed by atoms with Crippen molar-refractivity contribution >= 4 is 11.7 Å². The summed E-state index contributed by atoms with van der Waals surface area (Å²) in [5.41, 5.74) is 3.46. The number of ether oxygens (including phenoxy) is 2. The van der Waals surface area contributed by atoms with E-state index in [0.717, 1.165) is 12.8 Å². The average Bonchev–Trinajstić information content (AvgIpc) is 2.76. The van der Waals surface area contributed by atoms with Crippen LogP contribution in [0.1, 0.15) is 42.5 Å². The summed E-state index contributed by atoms with van der Waals surface area (Å²) in [4.78, 5) is 17.4. The van der Waals surface area contributed by atoms with Crippen LogP contribution in [0.2, 0.25) is 0 Å². The van der Waals surface area contributed by atoms with Crippen molar-refractivity contribution in [3.63, 3.8) is 0 Å². The van der Waals surface area contributed by atoms with Gasteiger partial charge in [0, 0.05) is 0 Å². The van der Waals surface area contributed by atoms with Gasteiger partial charge in [-0.3, -0.25) is 5.48 Å². The Morgan fingerprint density at radius 3 is 2.38 bits per heavy atom. The van der Waals surface area contributed by atoms with Crippen LogP contribution in [0.25, 0.3) is 0 Å². The normalized spacial score (nSPS) is 30.7. The smallest absolute Gasteiger partial charge is 0.338 e.